The number of nitrogens with zero attached hydrogens (tertiary/aromatic N) is 4. The van der Waals surface area contributed by atoms with Gasteiger partial charge in [0.05, 0.1) is 0 Å². The Morgan fingerprint density at radius 2 is 1.94 bits per heavy atom. The maximum absolute atomic E-state index is 4.48. The molecule has 96 valence electrons. The lowest BCUT2D eigenvalue weighted by molar-refractivity contribution is 0.401. The van der Waals surface area contributed by atoms with Crippen LogP contribution in [0.15, 0.2) is 6.20 Å². The van der Waals surface area contributed by atoms with Crippen molar-refractivity contribution >= 4 is 11.8 Å². The Kier molecular flexibility index (Phi) is 5.15. The molecule has 0 fully saturated rings. The van der Waals surface area contributed by atoms with E-state index < -0.39 is 0 Å². The number of anilines is 2. The third kappa shape index (κ3) is 4.19. The maximum atomic E-state index is 4.48. The minimum Gasteiger partial charge on any atom is -0.359 e. The molecule has 0 aliphatic heterocycles. The Bertz CT molecular complexity index is 351. The van der Waals surface area contributed by atoms with Gasteiger partial charge < -0.3 is 15.1 Å². The molecule has 1 rings (SSSR count). The van der Waals surface area contributed by atoms with Gasteiger partial charge in [0.15, 0.2) is 0 Å². The molecule has 0 saturated heterocycles. The van der Waals surface area contributed by atoms with Crippen molar-refractivity contribution in [2.45, 2.75) is 13.3 Å². The van der Waals surface area contributed by atoms with Crippen LogP contribution in [0.4, 0.5) is 11.8 Å². The van der Waals surface area contributed by atoms with Gasteiger partial charge in [-0.2, -0.15) is 4.98 Å². The molecule has 0 saturated carbocycles. The summed E-state index contributed by atoms with van der Waals surface area (Å²) in [6, 6.07) is 0. The summed E-state index contributed by atoms with van der Waals surface area (Å²) in [6.45, 7) is 4.13. The molecule has 0 spiro atoms. The highest BCUT2D eigenvalue weighted by atomic mass is 15.2. The minimum absolute atomic E-state index is 0.671. The predicted octanol–water partition coefficient (Wildman–Crippen LogP) is 1.21. The molecule has 0 unspecified atom stereocenters. The van der Waals surface area contributed by atoms with E-state index in [1.54, 1.807) is 0 Å². The largest absolute Gasteiger partial charge is 0.359 e. The molecule has 0 atom stereocenters. The van der Waals surface area contributed by atoms with Crippen molar-refractivity contribution in [1.29, 1.82) is 0 Å². The van der Waals surface area contributed by atoms with E-state index in [1.165, 1.54) is 0 Å². The van der Waals surface area contributed by atoms with E-state index in [-0.39, 0.29) is 0 Å². The lowest BCUT2D eigenvalue weighted by Crippen LogP contribution is -2.25. The van der Waals surface area contributed by atoms with Gasteiger partial charge in [-0.05, 0) is 34.0 Å². The Hall–Kier alpha value is -1.36. The number of hydrogen-bond donors (Lipinski definition) is 1. The molecule has 0 aromatic carbocycles. The topological polar surface area (TPSA) is 44.3 Å². The van der Waals surface area contributed by atoms with Crippen LogP contribution in [0.25, 0.3) is 0 Å². The summed E-state index contributed by atoms with van der Waals surface area (Å²) in [6.07, 6.45) is 2.98. The first-order valence-electron chi connectivity index (χ1n) is 5.92. The van der Waals surface area contributed by atoms with E-state index >= 15 is 0 Å². The average Bonchev–Trinajstić information content (AvgIpc) is 2.29. The summed E-state index contributed by atoms with van der Waals surface area (Å²) in [5.41, 5.74) is 1.11. The van der Waals surface area contributed by atoms with Crippen LogP contribution in [0.1, 0.15) is 12.0 Å². The molecule has 1 aromatic heterocycles. The van der Waals surface area contributed by atoms with Gasteiger partial charge in [-0.25, -0.2) is 4.98 Å². The molecule has 5 nitrogen and oxygen atoms in total. The van der Waals surface area contributed by atoms with Gasteiger partial charge in [0.2, 0.25) is 5.95 Å². The van der Waals surface area contributed by atoms with Crippen molar-refractivity contribution in [2.24, 2.45) is 0 Å². The second-order valence-electron chi connectivity index (χ2n) is 4.53. The second kappa shape index (κ2) is 6.39. The highest BCUT2D eigenvalue weighted by Crippen LogP contribution is 2.16. The Balaban J connectivity index is 2.64. The molecule has 1 N–H and O–H groups in total. The standard InChI is InChI=1S/C12H23N5/c1-10-9-14-12(13-2)15-11(10)17(5)8-6-7-16(3)4/h9H,6-8H2,1-5H3,(H,13,14,15). The zero-order chi connectivity index (χ0) is 12.8. The van der Waals surface area contributed by atoms with E-state index in [2.05, 4.69) is 46.2 Å². The Labute approximate surface area is 104 Å². The fourth-order valence-electron chi connectivity index (χ4n) is 1.67. The molecule has 0 radical (unpaired) electrons. The van der Waals surface area contributed by atoms with Crippen molar-refractivity contribution < 1.29 is 0 Å². The van der Waals surface area contributed by atoms with Crippen molar-refractivity contribution in [3.63, 3.8) is 0 Å². The lowest BCUT2D eigenvalue weighted by atomic mass is 10.3. The normalized spacial score (nSPS) is 10.7. The first-order valence-corrected chi connectivity index (χ1v) is 5.92. The van der Waals surface area contributed by atoms with Crippen LogP contribution < -0.4 is 10.2 Å². The van der Waals surface area contributed by atoms with Crippen molar-refractivity contribution in [2.75, 3.05) is 51.5 Å². The number of aromatic nitrogens is 2. The molecule has 0 amide bonds. The number of rotatable bonds is 6. The molecule has 17 heavy (non-hydrogen) atoms. The summed E-state index contributed by atoms with van der Waals surface area (Å²) in [5, 5.41) is 2.97. The van der Waals surface area contributed by atoms with Crippen LogP contribution in [0.5, 0.6) is 0 Å². The number of aryl methyl sites for hydroxylation is 1. The predicted molar refractivity (Wildman–Crippen MR) is 72.8 cm³/mol. The van der Waals surface area contributed by atoms with Crippen LogP contribution >= 0.6 is 0 Å². The SMILES string of the molecule is CNc1ncc(C)c(N(C)CCCN(C)C)n1. The van der Waals surface area contributed by atoms with Crippen LogP contribution in [-0.2, 0) is 0 Å². The zero-order valence-corrected chi connectivity index (χ0v) is 11.5. The fourth-order valence-corrected chi connectivity index (χ4v) is 1.67. The Morgan fingerprint density at radius 3 is 2.53 bits per heavy atom. The van der Waals surface area contributed by atoms with Crippen molar-refractivity contribution in [3.8, 4) is 0 Å². The molecule has 0 aliphatic carbocycles. The first kappa shape index (κ1) is 13.7. The average molecular weight is 237 g/mol. The first-order chi connectivity index (χ1) is 8.04. The third-order valence-electron chi connectivity index (χ3n) is 2.63. The van der Waals surface area contributed by atoms with Gasteiger partial charge in [-0.15, -0.1) is 0 Å². The highest BCUT2D eigenvalue weighted by molar-refractivity contribution is 5.48. The van der Waals surface area contributed by atoms with Crippen molar-refractivity contribution in [3.05, 3.63) is 11.8 Å². The van der Waals surface area contributed by atoms with Crippen LogP contribution in [0.3, 0.4) is 0 Å². The van der Waals surface area contributed by atoms with Crippen LogP contribution in [0.2, 0.25) is 0 Å². The summed E-state index contributed by atoms with van der Waals surface area (Å²) < 4.78 is 0. The highest BCUT2D eigenvalue weighted by Gasteiger charge is 2.08. The van der Waals surface area contributed by atoms with E-state index in [0.717, 1.165) is 30.9 Å². The van der Waals surface area contributed by atoms with E-state index in [1.807, 2.05) is 20.2 Å². The van der Waals surface area contributed by atoms with E-state index in [0.29, 0.717) is 5.95 Å². The maximum Gasteiger partial charge on any atom is 0.224 e. The molecule has 0 bridgehead atoms. The molecule has 1 heterocycles. The van der Waals surface area contributed by atoms with Gasteiger partial charge in [-0.3, -0.25) is 0 Å². The summed E-state index contributed by atoms with van der Waals surface area (Å²) >= 11 is 0. The summed E-state index contributed by atoms with van der Waals surface area (Å²) in [5.74, 6) is 1.67. The summed E-state index contributed by atoms with van der Waals surface area (Å²) in [4.78, 5) is 13.0. The van der Waals surface area contributed by atoms with E-state index in [4.69, 9.17) is 0 Å². The molecule has 0 aliphatic rings. The quantitative estimate of drug-likeness (QED) is 0.806. The number of nitrogens with one attached hydrogen (secondary N) is 1. The van der Waals surface area contributed by atoms with Crippen LogP contribution in [0, 0.1) is 6.92 Å². The fraction of sp³-hybridized carbons (Fsp3) is 0.667. The second-order valence-corrected chi connectivity index (χ2v) is 4.53. The molecule has 1 aromatic rings. The summed E-state index contributed by atoms with van der Waals surface area (Å²) in [7, 11) is 8.09. The molecular formula is C12H23N5. The van der Waals surface area contributed by atoms with E-state index in [9.17, 15) is 0 Å². The van der Waals surface area contributed by atoms with Gasteiger partial charge in [0.1, 0.15) is 5.82 Å². The van der Waals surface area contributed by atoms with Crippen molar-refractivity contribution in [1.82, 2.24) is 14.9 Å². The number of hydrogen-bond acceptors (Lipinski definition) is 5. The van der Waals surface area contributed by atoms with Gasteiger partial charge >= 0.3 is 0 Å². The third-order valence-corrected chi connectivity index (χ3v) is 2.63. The monoisotopic (exact) mass is 237 g/mol. The van der Waals surface area contributed by atoms with Gasteiger partial charge in [0, 0.05) is 32.4 Å². The lowest BCUT2D eigenvalue weighted by Gasteiger charge is -2.21. The van der Waals surface area contributed by atoms with Gasteiger partial charge in [0.25, 0.3) is 0 Å². The molecule has 5 heteroatoms. The van der Waals surface area contributed by atoms with Crippen LogP contribution in [-0.4, -0.2) is 56.1 Å². The zero-order valence-electron chi connectivity index (χ0n) is 11.5. The molecular weight excluding hydrogens is 214 g/mol. The minimum atomic E-state index is 0.671. The Morgan fingerprint density at radius 1 is 1.24 bits per heavy atom. The van der Waals surface area contributed by atoms with Gasteiger partial charge in [-0.1, -0.05) is 0 Å². The smallest absolute Gasteiger partial charge is 0.224 e.